The van der Waals surface area contributed by atoms with Crippen molar-refractivity contribution in [3.63, 3.8) is 0 Å². The van der Waals surface area contributed by atoms with Crippen molar-refractivity contribution in [2.75, 3.05) is 5.32 Å². The first kappa shape index (κ1) is 13.9. The molecule has 104 valence electrons. The number of para-hydroxylation sites is 1. The van der Waals surface area contributed by atoms with Gasteiger partial charge in [-0.25, -0.2) is 0 Å². The van der Waals surface area contributed by atoms with Gasteiger partial charge in [0.2, 0.25) is 5.91 Å². The molecule has 1 aromatic carbocycles. The molecule has 0 unspecified atom stereocenters. The minimum atomic E-state index is -0.563. The highest BCUT2D eigenvalue weighted by Crippen LogP contribution is 2.31. The Morgan fingerprint density at radius 2 is 1.68 bits per heavy atom. The topological polar surface area (TPSA) is 55.1 Å². The van der Waals surface area contributed by atoms with Gasteiger partial charge in [0.15, 0.2) is 0 Å². The Morgan fingerprint density at radius 3 is 2.26 bits per heavy atom. The van der Waals surface area contributed by atoms with Crippen LogP contribution in [-0.4, -0.2) is 11.4 Å². The lowest BCUT2D eigenvalue weighted by Crippen LogP contribution is -2.51. The van der Waals surface area contributed by atoms with Gasteiger partial charge in [0.05, 0.1) is 0 Å². The number of rotatable bonds is 3. The number of amides is 1. The van der Waals surface area contributed by atoms with E-state index in [0.717, 1.165) is 36.9 Å². The zero-order chi connectivity index (χ0) is 13.7. The zero-order valence-corrected chi connectivity index (χ0v) is 11.7. The van der Waals surface area contributed by atoms with E-state index in [9.17, 15) is 4.79 Å². The van der Waals surface area contributed by atoms with Crippen molar-refractivity contribution in [1.29, 1.82) is 0 Å². The fourth-order valence-electron chi connectivity index (χ4n) is 2.91. The SMILES string of the molecule is Cc1ccccc1NC1(C(N)=O)CCCCCCC1. The number of carbonyl (C=O) groups is 1. The molecule has 0 bridgehead atoms. The molecule has 1 aromatic rings. The molecule has 2 rings (SSSR count). The van der Waals surface area contributed by atoms with Gasteiger partial charge in [-0.05, 0) is 31.4 Å². The van der Waals surface area contributed by atoms with Gasteiger partial charge in [-0.1, -0.05) is 50.3 Å². The lowest BCUT2D eigenvalue weighted by atomic mass is 9.83. The van der Waals surface area contributed by atoms with Crippen LogP contribution < -0.4 is 11.1 Å². The number of carbonyl (C=O) groups excluding carboxylic acids is 1. The number of nitrogens with one attached hydrogen (secondary N) is 1. The molecule has 0 aliphatic heterocycles. The van der Waals surface area contributed by atoms with Gasteiger partial charge in [0, 0.05) is 5.69 Å². The van der Waals surface area contributed by atoms with Crippen LogP contribution in [0.15, 0.2) is 24.3 Å². The van der Waals surface area contributed by atoms with E-state index in [1.807, 2.05) is 18.2 Å². The summed E-state index contributed by atoms with van der Waals surface area (Å²) in [5.41, 5.74) is 7.34. The fraction of sp³-hybridized carbons (Fsp3) is 0.562. The first-order valence-corrected chi connectivity index (χ1v) is 7.28. The van der Waals surface area contributed by atoms with Crippen molar-refractivity contribution in [1.82, 2.24) is 0 Å². The van der Waals surface area contributed by atoms with Gasteiger partial charge in [0.1, 0.15) is 5.54 Å². The predicted octanol–water partition coefficient (Wildman–Crippen LogP) is 3.38. The van der Waals surface area contributed by atoms with Crippen LogP contribution in [0.4, 0.5) is 5.69 Å². The highest BCUT2D eigenvalue weighted by molar-refractivity contribution is 5.88. The van der Waals surface area contributed by atoms with Crippen LogP contribution in [0.1, 0.15) is 50.5 Å². The molecule has 1 amide bonds. The van der Waals surface area contributed by atoms with Crippen LogP contribution in [-0.2, 0) is 4.79 Å². The zero-order valence-electron chi connectivity index (χ0n) is 11.7. The Morgan fingerprint density at radius 1 is 1.11 bits per heavy atom. The molecule has 0 atom stereocenters. The molecule has 1 fully saturated rings. The Kier molecular flexibility index (Phi) is 4.46. The van der Waals surface area contributed by atoms with Crippen LogP contribution in [0.25, 0.3) is 0 Å². The summed E-state index contributed by atoms with van der Waals surface area (Å²) in [4.78, 5) is 12.0. The smallest absolute Gasteiger partial charge is 0.243 e. The summed E-state index contributed by atoms with van der Waals surface area (Å²) in [5.74, 6) is -0.211. The molecule has 1 aliphatic rings. The quantitative estimate of drug-likeness (QED) is 0.875. The van der Waals surface area contributed by atoms with Crippen LogP contribution in [0, 0.1) is 6.92 Å². The number of nitrogens with two attached hydrogens (primary N) is 1. The van der Waals surface area contributed by atoms with E-state index in [4.69, 9.17) is 5.73 Å². The van der Waals surface area contributed by atoms with E-state index in [2.05, 4.69) is 18.3 Å². The van der Waals surface area contributed by atoms with Crippen molar-refractivity contribution in [3.8, 4) is 0 Å². The summed E-state index contributed by atoms with van der Waals surface area (Å²) < 4.78 is 0. The number of benzene rings is 1. The Balaban J connectivity index is 2.23. The van der Waals surface area contributed by atoms with E-state index in [-0.39, 0.29) is 5.91 Å². The first-order valence-electron chi connectivity index (χ1n) is 7.28. The Hall–Kier alpha value is -1.51. The lowest BCUT2D eigenvalue weighted by Gasteiger charge is -2.35. The maximum Gasteiger partial charge on any atom is 0.243 e. The maximum atomic E-state index is 12.0. The minimum Gasteiger partial charge on any atom is -0.371 e. The van der Waals surface area contributed by atoms with E-state index in [1.54, 1.807) is 0 Å². The van der Waals surface area contributed by atoms with Crippen molar-refractivity contribution in [2.24, 2.45) is 5.73 Å². The van der Waals surface area contributed by atoms with Crippen molar-refractivity contribution in [3.05, 3.63) is 29.8 Å². The predicted molar refractivity (Wildman–Crippen MR) is 79.0 cm³/mol. The van der Waals surface area contributed by atoms with Crippen LogP contribution in [0.5, 0.6) is 0 Å². The molecular formula is C16H24N2O. The number of anilines is 1. The summed E-state index contributed by atoms with van der Waals surface area (Å²) in [6, 6.07) is 8.08. The molecule has 3 heteroatoms. The molecule has 0 heterocycles. The average molecular weight is 260 g/mol. The first-order chi connectivity index (χ1) is 9.14. The summed E-state index contributed by atoms with van der Waals surface area (Å²) in [7, 11) is 0. The van der Waals surface area contributed by atoms with E-state index >= 15 is 0 Å². The van der Waals surface area contributed by atoms with Crippen LogP contribution in [0.3, 0.4) is 0 Å². The van der Waals surface area contributed by atoms with Crippen molar-refractivity contribution >= 4 is 11.6 Å². The van der Waals surface area contributed by atoms with Crippen LogP contribution in [0.2, 0.25) is 0 Å². The van der Waals surface area contributed by atoms with Crippen molar-refractivity contribution in [2.45, 2.75) is 57.4 Å². The van der Waals surface area contributed by atoms with Gasteiger partial charge in [-0.3, -0.25) is 4.79 Å². The van der Waals surface area contributed by atoms with Gasteiger partial charge >= 0.3 is 0 Å². The molecule has 1 saturated carbocycles. The van der Waals surface area contributed by atoms with Gasteiger partial charge in [0.25, 0.3) is 0 Å². The summed E-state index contributed by atoms with van der Waals surface area (Å²) in [6.45, 7) is 2.06. The van der Waals surface area contributed by atoms with Gasteiger partial charge < -0.3 is 11.1 Å². The van der Waals surface area contributed by atoms with E-state index in [1.165, 1.54) is 19.3 Å². The van der Waals surface area contributed by atoms with Gasteiger partial charge in [-0.15, -0.1) is 0 Å². The molecule has 3 nitrogen and oxygen atoms in total. The average Bonchev–Trinajstić information content (AvgIpc) is 2.35. The largest absolute Gasteiger partial charge is 0.371 e. The maximum absolute atomic E-state index is 12.0. The molecule has 0 aromatic heterocycles. The molecule has 0 radical (unpaired) electrons. The second-order valence-corrected chi connectivity index (χ2v) is 5.65. The fourth-order valence-corrected chi connectivity index (χ4v) is 2.91. The number of hydrogen-bond donors (Lipinski definition) is 2. The second-order valence-electron chi connectivity index (χ2n) is 5.65. The normalized spacial score (nSPS) is 19.2. The third-order valence-electron chi connectivity index (χ3n) is 4.20. The summed E-state index contributed by atoms with van der Waals surface area (Å²) in [6.07, 6.45) is 7.51. The lowest BCUT2D eigenvalue weighted by molar-refractivity contribution is -0.123. The number of hydrogen-bond acceptors (Lipinski definition) is 2. The molecule has 0 saturated heterocycles. The monoisotopic (exact) mass is 260 g/mol. The Labute approximate surface area is 115 Å². The summed E-state index contributed by atoms with van der Waals surface area (Å²) in [5, 5.41) is 3.46. The third kappa shape index (κ3) is 3.28. The third-order valence-corrected chi connectivity index (χ3v) is 4.20. The molecule has 19 heavy (non-hydrogen) atoms. The summed E-state index contributed by atoms with van der Waals surface area (Å²) >= 11 is 0. The standard InChI is InChI=1S/C16H24N2O/c1-13-9-5-6-10-14(13)18-16(15(17)19)11-7-3-2-4-8-12-16/h5-6,9-10,18H,2-4,7-8,11-12H2,1H3,(H2,17,19). The highest BCUT2D eigenvalue weighted by atomic mass is 16.1. The molecular weight excluding hydrogens is 236 g/mol. The number of primary amides is 1. The van der Waals surface area contributed by atoms with Gasteiger partial charge in [-0.2, -0.15) is 0 Å². The van der Waals surface area contributed by atoms with E-state index in [0.29, 0.717) is 0 Å². The molecule has 1 aliphatic carbocycles. The Bertz CT molecular complexity index is 434. The van der Waals surface area contributed by atoms with Crippen molar-refractivity contribution < 1.29 is 4.79 Å². The second kappa shape index (κ2) is 6.09. The number of aryl methyl sites for hydroxylation is 1. The minimum absolute atomic E-state index is 0.211. The molecule has 0 spiro atoms. The molecule has 3 N–H and O–H groups in total. The highest BCUT2D eigenvalue weighted by Gasteiger charge is 2.36. The van der Waals surface area contributed by atoms with E-state index < -0.39 is 5.54 Å². The van der Waals surface area contributed by atoms with Crippen LogP contribution >= 0.6 is 0 Å².